The van der Waals surface area contributed by atoms with Crippen molar-refractivity contribution in [3.05, 3.63) is 42.0 Å². The number of ether oxygens (including phenoxy) is 1. The zero-order valence-corrected chi connectivity index (χ0v) is 9.85. The third kappa shape index (κ3) is 4.78. The van der Waals surface area contributed by atoms with E-state index in [0.29, 0.717) is 13.0 Å². The summed E-state index contributed by atoms with van der Waals surface area (Å²) in [6, 6.07) is 10.0. The predicted octanol–water partition coefficient (Wildman–Crippen LogP) is 3.29. The highest BCUT2D eigenvalue weighted by molar-refractivity contribution is 5.70. The molecule has 2 nitrogen and oxygen atoms in total. The maximum absolute atomic E-state index is 11.2. The van der Waals surface area contributed by atoms with Crippen molar-refractivity contribution in [1.29, 1.82) is 0 Å². The van der Waals surface area contributed by atoms with Crippen LogP contribution in [-0.2, 0) is 9.53 Å². The molecule has 1 aromatic carbocycles. The molecular weight excluding hydrogens is 200 g/mol. The zero-order valence-electron chi connectivity index (χ0n) is 9.85. The number of benzene rings is 1. The van der Waals surface area contributed by atoms with Gasteiger partial charge < -0.3 is 4.74 Å². The number of hydrogen-bond acceptors (Lipinski definition) is 2. The summed E-state index contributed by atoms with van der Waals surface area (Å²) in [6.07, 6.45) is 4.51. The van der Waals surface area contributed by atoms with Crippen LogP contribution in [-0.4, -0.2) is 12.6 Å². The molecule has 2 heteroatoms. The van der Waals surface area contributed by atoms with Gasteiger partial charge in [0, 0.05) is 0 Å². The number of rotatable bonds is 5. The van der Waals surface area contributed by atoms with Gasteiger partial charge in [-0.05, 0) is 18.4 Å². The molecule has 0 aliphatic heterocycles. The van der Waals surface area contributed by atoms with Crippen molar-refractivity contribution in [2.24, 2.45) is 5.92 Å². The SMILES string of the molecule is CCOC(=O)CC(C)/C=C/c1ccccc1. The first-order valence-electron chi connectivity index (χ1n) is 5.61. The second-order valence-electron chi connectivity index (χ2n) is 3.76. The normalized spacial score (nSPS) is 12.6. The Morgan fingerprint density at radius 1 is 1.38 bits per heavy atom. The van der Waals surface area contributed by atoms with Gasteiger partial charge in [-0.15, -0.1) is 0 Å². The third-order valence-electron chi connectivity index (χ3n) is 2.21. The second kappa shape index (κ2) is 6.83. The molecule has 0 saturated heterocycles. The lowest BCUT2D eigenvalue weighted by atomic mass is 10.1. The fourth-order valence-corrected chi connectivity index (χ4v) is 1.39. The van der Waals surface area contributed by atoms with Gasteiger partial charge in [-0.1, -0.05) is 49.4 Å². The summed E-state index contributed by atoms with van der Waals surface area (Å²) in [7, 11) is 0. The smallest absolute Gasteiger partial charge is 0.306 e. The molecule has 0 N–H and O–H groups in total. The van der Waals surface area contributed by atoms with E-state index >= 15 is 0 Å². The molecule has 0 heterocycles. The minimum absolute atomic E-state index is 0.132. The summed E-state index contributed by atoms with van der Waals surface area (Å²) in [6.45, 7) is 4.28. The average Bonchev–Trinajstić information content (AvgIpc) is 2.28. The first-order chi connectivity index (χ1) is 7.72. The Morgan fingerprint density at radius 2 is 2.06 bits per heavy atom. The van der Waals surface area contributed by atoms with Crippen molar-refractivity contribution in [3.63, 3.8) is 0 Å². The van der Waals surface area contributed by atoms with Crippen molar-refractivity contribution in [2.75, 3.05) is 6.61 Å². The van der Waals surface area contributed by atoms with Crippen molar-refractivity contribution in [1.82, 2.24) is 0 Å². The van der Waals surface area contributed by atoms with Gasteiger partial charge in [0.1, 0.15) is 0 Å². The van der Waals surface area contributed by atoms with Crippen LogP contribution in [0.5, 0.6) is 0 Å². The maximum Gasteiger partial charge on any atom is 0.306 e. The summed E-state index contributed by atoms with van der Waals surface area (Å²) in [5.74, 6) is 0.0759. The quantitative estimate of drug-likeness (QED) is 0.709. The van der Waals surface area contributed by atoms with E-state index in [1.165, 1.54) is 0 Å². The summed E-state index contributed by atoms with van der Waals surface area (Å²) in [5, 5.41) is 0. The van der Waals surface area contributed by atoms with Crippen molar-refractivity contribution in [3.8, 4) is 0 Å². The highest BCUT2D eigenvalue weighted by Gasteiger charge is 2.06. The lowest BCUT2D eigenvalue weighted by molar-refractivity contribution is -0.143. The summed E-state index contributed by atoms with van der Waals surface area (Å²) in [5.41, 5.74) is 1.15. The van der Waals surface area contributed by atoms with Crippen LogP contribution in [0.2, 0.25) is 0 Å². The molecule has 0 aliphatic carbocycles. The Bertz CT molecular complexity index is 341. The first kappa shape index (κ1) is 12.5. The van der Waals surface area contributed by atoms with Gasteiger partial charge in [0.2, 0.25) is 0 Å². The van der Waals surface area contributed by atoms with E-state index in [1.807, 2.05) is 56.3 Å². The second-order valence-corrected chi connectivity index (χ2v) is 3.76. The topological polar surface area (TPSA) is 26.3 Å². The number of carbonyl (C=O) groups is 1. The van der Waals surface area contributed by atoms with Gasteiger partial charge in [-0.3, -0.25) is 4.79 Å². The van der Waals surface area contributed by atoms with Crippen LogP contribution in [0.25, 0.3) is 6.08 Å². The molecule has 0 amide bonds. The van der Waals surface area contributed by atoms with Crippen molar-refractivity contribution >= 4 is 12.0 Å². The van der Waals surface area contributed by atoms with Crippen molar-refractivity contribution in [2.45, 2.75) is 20.3 Å². The van der Waals surface area contributed by atoms with E-state index < -0.39 is 0 Å². The van der Waals surface area contributed by atoms with E-state index in [2.05, 4.69) is 0 Å². The van der Waals surface area contributed by atoms with Gasteiger partial charge in [-0.25, -0.2) is 0 Å². The summed E-state index contributed by atoms with van der Waals surface area (Å²) >= 11 is 0. The highest BCUT2D eigenvalue weighted by atomic mass is 16.5. The Morgan fingerprint density at radius 3 is 2.69 bits per heavy atom. The van der Waals surface area contributed by atoms with Crippen LogP contribution in [0.15, 0.2) is 36.4 Å². The standard InChI is InChI=1S/C14H18O2/c1-3-16-14(15)11-12(2)9-10-13-7-5-4-6-8-13/h4-10,12H,3,11H2,1-2H3/b10-9+. The number of esters is 1. The molecule has 86 valence electrons. The molecule has 1 rings (SSSR count). The lowest BCUT2D eigenvalue weighted by Gasteiger charge is -2.05. The fourth-order valence-electron chi connectivity index (χ4n) is 1.39. The lowest BCUT2D eigenvalue weighted by Crippen LogP contribution is -2.07. The van der Waals surface area contributed by atoms with E-state index in [4.69, 9.17) is 4.74 Å². The fraction of sp³-hybridized carbons (Fsp3) is 0.357. The zero-order chi connectivity index (χ0) is 11.8. The molecule has 0 fully saturated rings. The summed E-state index contributed by atoms with van der Waals surface area (Å²) < 4.78 is 4.89. The van der Waals surface area contributed by atoms with Gasteiger partial charge in [0.15, 0.2) is 0 Å². The number of hydrogen-bond donors (Lipinski definition) is 0. The monoisotopic (exact) mass is 218 g/mol. The minimum atomic E-state index is -0.132. The third-order valence-corrected chi connectivity index (χ3v) is 2.21. The van der Waals surface area contributed by atoms with Gasteiger partial charge >= 0.3 is 5.97 Å². The average molecular weight is 218 g/mol. The molecule has 0 aromatic heterocycles. The molecule has 0 bridgehead atoms. The molecule has 0 spiro atoms. The van der Waals surface area contributed by atoms with Crippen LogP contribution in [0, 0.1) is 5.92 Å². The van der Waals surface area contributed by atoms with Crippen molar-refractivity contribution < 1.29 is 9.53 Å². The van der Waals surface area contributed by atoms with Crippen LogP contribution >= 0.6 is 0 Å². The highest BCUT2D eigenvalue weighted by Crippen LogP contribution is 2.09. The van der Waals surface area contributed by atoms with E-state index in [0.717, 1.165) is 5.56 Å². The van der Waals surface area contributed by atoms with Crippen LogP contribution < -0.4 is 0 Å². The Kier molecular flexibility index (Phi) is 5.34. The minimum Gasteiger partial charge on any atom is -0.466 e. The molecular formula is C14H18O2. The van der Waals surface area contributed by atoms with E-state index in [9.17, 15) is 4.79 Å². The van der Waals surface area contributed by atoms with E-state index in [1.54, 1.807) is 0 Å². The molecule has 0 aliphatic rings. The molecule has 16 heavy (non-hydrogen) atoms. The van der Waals surface area contributed by atoms with Gasteiger partial charge in [0.05, 0.1) is 13.0 Å². The predicted molar refractivity (Wildman–Crippen MR) is 65.9 cm³/mol. The largest absolute Gasteiger partial charge is 0.466 e. The van der Waals surface area contributed by atoms with E-state index in [-0.39, 0.29) is 11.9 Å². The molecule has 0 saturated carbocycles. The Labute approximate surface area is 96.9 Å². The number of allylic oxidation sites excluding steroid dienone is 1. The molecule has 1 atom stereocenters. The van der Waals surface area contributed by atoms with Gasteiger partial charge in [0.25, 0.3) is 0 Å². The Balaban J connectivity index is 2.42. The number of carbonyl (C=O) groups excluding carboxylic acids is 1. The van der Waals surface area contributed by atoms with Crippen LogP contribution in [0.4, 0.5) is 0 Å². The summed E-state index contributed by atoms with van der Waals surface area (Å²) in [4.78, 5) is 11.2. The maximum atomic E-state index is 11.2. The molecule has 1 aromatic rings. The van der Waals surface area contributed by atoms with Crippen LogP contribution in [0.3, 0.4) is 0 Å². The van der Waals surface area contributed by atoms with Crippen LogP contribution in [0.1, 0.15) is 25.8 Å². The Hall–Kier alpha value is -1.57. The first-order valence-corrected chi connectivity index (χ1v) is 5.61. The molecule has 0 radical (unpaired) electrons. The van der Waals surface area contributed by atoms with Gasteiger partial charge in [-0.2, -0.15) is 0 Å². The molecule has 1 unspecified atom stereocenters.